The summed E-state index contributed by atoms with van der Waals surface area (Å²) in [6.07, 6.45) is 3.88. The summed E-state index contributed by atoms with van der Waals surface area (Å²) < 4.78 is 15.6. The number of hydrogen-bond donors (Lipinski definition) is 0. The van der Waals surface area contributed by atoms with E-state index >= 15 is 0 Å². The summed E-state index contributed by atoms with van der Waals surface area (Å²) in [5.74, 6) is -0.575. The third-order valence-electron chi connectivity index (χ3n) is 2.73. The summed E-state index contributed by atoms with van der Waals surface area (Å²) >= 11 is 4.57. The molecule has 0 atom stereocenters. The monoisotopic (exact) mass is 338 g/mol. The fraction of sp³-hybridized carbons (Fsp3) is 0.0769. The number of rotatable bonds is 3. The third-order valence-corrected chi connectivity index (χ3v) is 4.14. The van der Waals surface area contributed by atoms with Gasteiger partial charge in [-0.2, -0.15) is 0 Å². The van der Waals surface area contributed by atoms with E-state index in [1.165, 1.54) is 23.5 Å². The molecule has 0 saturated heterocycles. The van der Waals surface area contributed by atoms with Crippen molar-refractivity contribution < 1.29 is 9.18 Å². The van der Waals surface area contributed by atoms with Gasteiger partial charge in [-0.15, -0.1) is 11.3 Å². The lowest BCUT2D eigenvalue weighted by Gasteiger charge is -2.00. The van der Waals surface area contributed by atoms with Gasteiger partial charge in [0.05, 0.1) is 16.6 Å². The van der Waals surface area contributed by atoms with Crippen LogP contribution in [0, 0.1) is 5.82 Å². The second-order valence-corrected chi connectivity index (χ2v) is 5.78. The number of Topliss-reactive ketones (excluding diaryl/α,β-unsaturated/α-hetero) is 1. The standard InChI is InChI=1S/C13H8BrFN2OS/c14-10-2-1-8(5-11(10)15)12(18)6-9-7-17-3-4-19-13(17)16-9/h1-5,7H,6H2. The van der Waals surface area contributed by atoms with E-state index in [1.807, 2.05) is 22.2 Å². The molecule has 1 aromatic carbocycles. The largest absolute Gasteiger partial charge is 0.297 e. The lowest BCUT2D eigenvalue weighted by Crippen LogP contribution is -2.04. The van der Waals surface area contributed by atoms with Gasteiger partial charge in [-0.1, -0.05) is 6.07 Å². The predicted octanol–water partition coefficient (Wildman–Crippen LogP) is 3.72. The molecular weight excluding hydrogens is 331 g/mol. The first-order valence-corrected chi connectivity index (χ1v) is 7.20. The van der Waals surface area contributed by atoms with Crippen molar-refractivity contribution in [3.63, 3.8) is 0 Å². The van der Waals surface area contributed by atoms with Crippen molar-refractivity contribution in [3.8, 4) is 0 Å². The van der Waals surface area contributed by atoms with Crippen LogP contribution in [0.1, 0.15) is 16.1 Å². The Morgan fingerprint density at radius 2 is 2.32 bits per heavy atom. The highest BCUT2D eigenvalue weighted by Gasteiger charge is 2.12. The Morgan fingerprint density at radius 3 is 3.05 bits per heavy atom. The Hall–Kier alpha value is -1.53. The molecule has 0 amide bonds. The summed E-state index contributed by atoms with van der Waals surface area (Å²) in [7, 11) is 0. The number of carbonyl (C=O) groups is 1. The molecule has 0 fully saturated rings. The normalized spacial score (nSPS) is 11.1. The van der Waals surface area contributed by atoms with Crippen LogP contribution in [-0.4, -0.2) is 15.2 Å². The van der Waals surface area contributed by atoms with Gasteiger partial charge in [0.2, 0.25) is 0 Å². The SMILES string of the molecule is O=C(Cc1cn2ccsc2n1)c1ccc(Br)c(F)c1. The molecule has 0 aliphatic heterocycles. The number of fused-ring (bicyclic) bond motifs is 1. The molecule has 0 N–H and O–H groups in total. The number of thiazole rings is 1. The Bertz CT molecular complexity index is 736. The third kappa shape index (κ3) is 2.46. The highest BCUT2D eigenvalue weighted by Crippen LogP contribution is 2.18. The van der Waals surface area contributed by atoms with Crippen LogP contribution in [0.2, 0.25) is 0 Å². The van der Waals surface area contributed by atoms with Crippen molar-refractivity contribution in [2.75, 3.05) is 0 Å². The maximum absolute atomic E-state index is 13.4. The zero-order valence-corrected chi connectivity index (χ0v) is 12.0. The van der Waals surface area contributed by atoms with Crippen molar-refractivity contribution in [2.24, 2.45) is 0 Å². The lowest BCUT2D eigenvalue weighted by molar-refractivity contribution is 0.0991. The Labute approximate surface area is 120 Å². The van der Waals surface area contributed by atoms with Crippen LogP contribution in [0.4, 0.5) is 4.39 Å². The van der Waals surface area contributed by atoms with Gasteiger partial charge in [-0.05, 0) is 28.1 Å². The molecule has 0 saturated carbocycles. The van der Waals surface area contributed by atoms with E-state index in [-0.39, 0.29) is 12.2 Å². The van der Waals surface area contributed by atoms with Gasteiger partial charge in [-0.3, -0.25) is 9.20 Å². The quantitative estimate of drug-likeness (QED) is 0.682. The molecule has 19 heavy (non-hydrogen) atoms. The van der Waals surface area contributed by atoms with Gasteiger partial charge in [0.1, 0.15) is 5.82 Å². The van der Waals surface area contributed by atoms with Gasteiger partial charge in [0, 0.05) is 23.3 Å². The molecule has 0 bridgehead atoms. The highest BCUT2D eigenvalue weighted by atomic mass is 79.9. The molecule has 0 aliphatic rings. The van der Waals surface area contributed by atoms with Crippen molar-refractivity contribution in [1.29, 1.82) is 0 Å². The maximum Gasteiger partial charge on any atom is 0.193 e. The first-order valence-electron chi connectivity index (χ1n) is 5.53. The van der Waals surface area contributed by atoms with Crippen LogP contribution in [0.15, 0.2) is 40.4 Å². The molecular formula is C13H8BrFN2OS. The van der Waals surface area contributed by atoms with Gasteiger partial charge in [0.15, 0.2) is 10.7 Å². The van der Waals surface area contributed by atoms with Gasteiger partial charge in [0.25, 0.3) is 0 Å². The summed E-state index contributed by atoms with van der Waals surface area (Å²) in [4.78, 5) is 17.2. The van der Waals surface area contributed by atoms with Crippen molar-refractivity contribution >= 4 is 38.0 Å². The molecule has 0 spiro atoms. The first-order chi connectivity index (χ1) is 9.13. The van der Waals surface area contributed by atoms with E-state index in [0.29, 0.717) is 15.7 Å². The van der Waals surface area contributed by atoms with Crippen molar-refractivity contribution in [2.45, 2.75) is 6.42 Å². The number of ketones is 1. The van der Waals surface area contributed by atoms with Crippen LogP contribution in [0.3, 0.4) is 0 Å². The highest BCUT2D eigenvalue weighted by molar-refractivity contribution is 9.10. The average molecular weight is 339 g/mol. The molecule has 2 heterocycles. The van der Waals surface area contributed by atoms with Crippen LogP contribution < -0.4 is 0 Å². The molecule has 2 aromatic heterocycles. The number of aromatic nitrogens is 2. The minimum atomic E-state index is -0.434. The van der Waals surface area contributed by atoms with Crippen LogP contribution in [0.5, 0.6) is 0 Å². The number of carbonyl (C=O) groups excluding carboxylic acids is 1. The van der Waals surface area contributed by atoms with E-state index in [4.69, 9.17) is 0 Å². The van der Waals surface area contributed by atoms with Gasteiger partial charge in [-0.25, -0.2) is 9.37 Å². The number of halogens is 2. The summed E-state index contributed by atoms with van der Waals surface area (Å²) in [6, 6.07) is 4.38. The van der Waals surface area contributed by atoms with E-state index in [2.05, 4.69) is 20.9 Å². The molecule has 3 nitrogen and oxygen atoms in total. The zero-order valence-electron chi connectivity index (χ0n) is 9.64. The van der Waals surface area contributed by atoms with Crippen LogP contribution >= 0.6 is 27.3 Å². The Kier molecular flexibility index (Phi) is 3.20. The topological polar surface area (TPSA) is 34.4 Å². The second-order valence-electron chi connectivity index (χ2n) is 4.05. The van der Waals surface area contributed by atoms with E-state index in [9.17, 15) is 9.18 Å². The van der Waals surface area contributed by atoms with E-state index in [1.54, 1.807) is 6.07 Å². The summed E-state index contributed by atoms with van der Waals surface area (Å²) in [5.41, 5.74) is 1.05. The molecule has 6 heteroatoms. The molecule has 0 unspecified atom stereocenters. The van der Waals surface area contributed by atoms with Gasteiger partial charge >= 0.3 is 0 Å². The Balaban J connectivity index is 1.84. The number of benzene rings is 1. The predicted molar refractivity (Wildman–Crippen MR) is 75.2 cm³/mol. The van der Waals surface area contributed by atoms with Crippen LogP contribution in [-0.2, 0) is 6.42 Å². The number of imidazole rings is 1. The lowest BCUT2D eigenvalue weighted by atomic mass is 10.1. The fourth-order valence-corrected chi connectivity index (χ4v) is 2.76. The molecule has 3 aromatic rings. The minimum Gasteiger partial charge on any atom is -0.297 e. The number of hydrogen-bond acceptors (Lipinski definition) is 3. The molecule has 0 aliphatic carbocycles. The summed E-state index contributed by atoms with van der Waals surface area (Å²) in [5, 5.41) is 1.93. The average Bonchev–Trinajstić information content (AvgIpc) is 2.93. The van der Waals surface area contributed by atoms with Crippen molar-refractivity contribution in [1.82, 2.24) is 9.38 Å². The Morgan fingerprint density at radius 1 is 1.47 bits per heavy atom. The molecule has 0 radical (unpaired) electrons. The minimum absolute atomic E-state index is 0.142. The maximum atomic E-state index is 13.4. The van der Waals surface area contributed by atoms with Crippen LogP contribution in [0.25, 0.3) is 4.96 Å². The zero-order chi connectivity index (χ0) is 13.4. The number of nitrogens with zero attached hydrogens (tertiary/aromatic N) is 2. The smallest absolute Gasteiger partial charge is 0.193 e. The fourth-order valence-electron chi connectivity index (χ4n) is 1.80. The van der Waals surface area contributed by atoms with Crippen molar-refractivity contribution in [3.05, 3.63) is 57.5 Å². The first kappa shape index (κ1) is 12.5. The molecule has 3 rings (SSSR count). The second kappa shape index (κ2) is 4.86. The summed E-state index contributed by atoms with van der Waals surface area (Å²) in [6.45, 7) is 0. The van der Waals surface area contributed by atoms with E-state index < -0.39 is 5.82 Å². The molecule has 96 valence electrons. The van der Waals surface area contributed by atoms with E-state index in [0.717, 1.165) is 4.96 Å². The van der Waals surface area contributed by atoms with Gasteiger partial charge < -0.3 is 0 Å².